The van der Waals surface area contributed by atoms with E-state index in [1.54, 1.807) is 6.08 Å². The molecule has 3 nitrogen and oxygen atoms in total. The quantitative estimate of drug-likeness (QED) is 0.279. The van der Waals surface area contributed by atoms with Crippen molar-refractivity contribution < 1.29 is 4.79 Å². The lowest BCUT2D eigenvalue weighted by atomic mass is 9.88. The summed E-state index contributed by atoms with van der Waals surface area (Å²) in [5.74, 6) is -0.193. The molecule has 0 heterocycles. The van der Waals surface area contributed by atoms with E-state index in [1.165, 1.54) is 28.3 Å². The van der Waals surface area contributed by atoms with Gasteiger partial charge in [-0.3, -0.25) is 4.79 Å². The minimum absolute atomic E-state index is 0.193. The first kappa shape index (κ1) is 21.8. The lowest BCUT2D eigenvalue weighted by Crippen LogP contribution is -2.21. The van der Waals surface area contributed by atoms with Crippen molar-refractivity contribution in [1.82, 2.24) is 5.32 Å². The molecule has 0 saturated heterocycles. The summed E-state index contributed by atoms with van der Waals surface area (Å²) in [4.78, 5) is 11.8. The number of amides is 1. The summed E-state index contributed by atoms with van der Waals surface area (Å²) in [6, 6.07) is 31.2. The molecular weight excluding hydrogens is 380 g/mol. The molecule has 154 valence electrons. The van der Waals surface area contributed by atoms with Gasteiger partial charge in [-0.15, -0.1) is 0 Å². The fourth-order valence-corrected chi connectivity index (χ4v) is 3.52. The van der Waals surface area contributed by atoms with Gasteiger partial charge in [0.1, 0.15) is 0 Å². The normalized spacial score (nSPS) is 11.6. The maximum atomic E-state index is 11.8. The second kappa shape index (κ2) is 11.3. The largest absolute Gasteiger partial charge is 0.352 e. The fraction of sp³-hybridized carbons (Fsp3) is 0.143. The first-order valence-electron chi connectivity index (χ1n) is 10.5. The van der Waals surface area contributed by atoms with Gasteiger partial charge in [0.15, 0.2) is 0 Å². The molecule has 0 atom stereocenters. The van der Waals surface area contributed by atoms with Gasteiger partial charge in [-0.25, -0.2) is 0 Å². The molecule has 1 amide bonds. The van der Waals surface area contributed by atoms with Gasteiger partial charge in [0.2, 0.25) is 5.91 Å². The number of allylic oxidation sites excluding steroid dienone is 1. The number of hydrogen-bond acceptors (Lipinski definition) is 2. The Balaban J connectivity index is 1.94. The number of carbonyl (C=O) groups excluding carboxylic acids is 1. The van der Waals surface area contributed by atoms with E-state index in [0.717, 1.165) is 17.5 Å². The molecule has 0 fully saturated rings. The molecule has 0 unspecified atom stereocenters. The molecule has 0 spiro atoms. The summed E-state index contributed by atoms with van der Waals surface area (Å²) in [7, 11) is 0. The first-order chi connectivity index (χ1) is 15.2. The van der Waals surface area contributed by atoms with Crippen LogP contribution >= 0.6 is 0 Å². The van der Waals surface area contributed by atoms with Crippen LogP contribution in [0, 0.1) is 11.3 Å². The molecule has 0 aliphatic heterocycles. The van der Waals surface area contributed by atoms with Crippen molar-refractivity contribution in [2.24, 2.45) is 0 Å². The zero-order chi connectivity index (χ0) is 21.9. The Morgan fingerprint density at radius 2 is 1.45 bits per heavy atom. The van der Waals surface area contributed by atoms with Crippen molar-refractivity contribution in [2.75, 3.05) is 6.54 Å². The van der Waals surface area contributed by atoms with Crippen LogP contribution < -0.4 is 5.32 Å². The van der Waals surface area contributed by atoms with E-state index < -0.39 is 0 Å². The van der Waals surface area contributed by atoms with Crippen LogP contribution in [0.5, 0.6) is 0 Å². The highest BCUT2D eigenvalue weighted by Crippen LogP contribution is 2.34. The standard InChI is InChI=1S/C28H26N2O/c1-2-26(23-10-5-3-6-11-23)28(24-12-7-4-8-13-24)25-17-14-22(15-18-25)16-19-27(31)30-21-9-20-29/h3-8,10-19H,2,9,21H2,1H3,(H,30,31)/b19-16+,28-26-. The number of hydrogen-bond donors (Lipinski definition) is 1. The zero-order valence-electron chi connectivity index (χ0n) is 17.7. The molecule has 3 aromatic rings. The molecule has 0 aliphatic rings. The van der Waals surface area contributed by atoms with E-state index in [1.807, 2.05) is 30.3 Å². The Kier molecular flexibility index (Phi) is 7.97. The van der Waals surface area contributed by atoms with E-state index >= 15 is 0 Å². The molecule has 0 aliphatic carbocycles. The average molecular weight is 407 g/mol. The predicted molar refractivity (Wildman–Crippen MR) is 128 cm³/mol. The summed E-state index contributed by atoms with van der Waals surface area (Å²) in [5, 5.41) is 11.2. The van der Waals surface area contributed by atoms with Crippen LogP contribution in [0.4, 0.5) is 0 Å². The number of nitrogens with one attached hydrogen (secondary N) is 1. The molecule has 3 rings (SSSR count). The van der Waals surface area contributed by atoms with Crippen LogP contribution in [0.15, 0.2) is 91.0 Å². The SMILES string of the molecule is CC/C(=C(\c1ccccc1)c1ccc(/C=C/C(=O)NCCC#N)cc1)c1ccccc1. The van der Waals surface area contributed by atoms with E-state index in [-0.39, 0.29) is 5.91 Å². The van der Waals surface area contributed by atoms with Gasteiger partial charge >= 0.3 is 0 Å². The Bertz CT molecular complexity index is 1090. The van der Waals surface area contributed by atoms with E-state index in [4.69, 9.17) is 5.26 Å². The van der Waals surface area contributed by atoms with Crippen molar-refractivity contribution in [1.29, 1.82) is 5.26 Å². The zero-order valence-corrected chi connectivity index (χ0v) is 17.7. The Labute approximate surface area is 184 Å². The Hall–Kier alpha value is -3.90. The molecular formula is C28H26N2O. The van der Waals surface area contributed by atoms with Gasteiger partial charge in [0, 0.05) is 12.6 Å². The van der Waals surface area contributed by atoms with Crippen LogP contribution in [0.3, 0.4) is 0 Å². The number of benzene rings is 3. The summed E-state index contributed by atoms with van der Waals surface area (Å²) < 4.78 is 0. The van der Waals surface area contributed by atoms with Crippen LogP contribution in [0.1, 0.15) is 42.0 Å². The molecule has 3 heteroatoms. The number of nitriles is 1. The Morgan fingerprint density at radius 3 is 2.03 bits per heavy atom. The van der Waals surface area contributed by atoms with Crippen molar-refractivity contribution in [3.05, 3.63) is 113 Å². The summed E-state index contributed by atoms with van der Waals surface area (Å²) in [6.07, 6.45) is 4.51. The monoisotopic (exact) mass is 406 g/mol. The average Bonchev–Trinajstić information content (AvgIpc) is 2.83. The highest BCUT2D eigenvalue weighted by Gasteiger charge is 2.12. The maximum absolute atomic E-state index is 11.8. The van der Waals surface area contributed by atoms with E-state index in [9.17, 15) is 4.79 Å². The summed E-state index contributed by atoms with van der Waals surface area (Å²) >= 11 is 0. The minimum Gasteiger partial charge on any atom is -0.352 e. The van der Waals surface area contributed by atoms with Crippen LogP contribution in [-0.4, -0.2) is 12.5 Å². The van der Waals surface area contributed by atoms with Crippen LogP contribution in [0.2, 0.25) is 0 Å². The number of nitrogens with zero attached hydrogens (tertiary/aromatic N) is 1. The van der Waals surface area contributed by atoms with Gasteiger partial charge in [0.25, 0.3) is 0 Å². The lowest BCUT2D eigenvalue weighted by molar-refractivity contribution is -0.116. The topological polar surface area (TPSA) is 52.9 Å². The van der Waals surface area contributed by atoms with Gasteiger partial charge in [-0.2, -0.15) is 5.26 Å². The predicted octanol–water partition coefficient (Wildman–Crippen LogP) is 6.10. The third kappa shape index (κ3) is 6.04. The van der Waals surface area contributed by atoms with Crippen molar-refractivity contribution in [3.63, 3.8) is 0 Å². The van der Waals surface area contributed by atoms with Gasteiger partial charge in [0.05, 0.1) is 12.5 Å². The third-order valence-corrected chi connectivity index (χ3v) is 5.00. The highest BCUT2D eigenvalue weighted by molar-refractivity contribution is 5.98. The maximum Gasteiger partial charge on any atom is 0.244 e. The summed E-state index contributed by atoms with van der Waals surface area (Å²) in [6.45, 7) is 2.55. The third-order valence-electron chi connectivity index (χ3n) is 5.00. The molecule has 31 heavy (non-hydrogen) atoms. The van der Waals surface area contributed by atoms with Crippen molar-refractivity contribution in [3.8, 4) is 6.07 Å². The summed E-state index contributed by atoms with van der Waals surface area (Å²) in [5.41, 5.74) is 7.02. The number of carbonyl (C=O) groups is 1. The minimum atomic E-state index is -0.193. The molecule has 0 bridgehead atoms. The Morgan fingerprint density at radius 1 is 0.871 bits per heavy atom. The second-order valence-electron chi connectivity index (χ2n) is 7.09. The van der Waals surface area contributed by atoms with Gasteiger partial charge in [-0.05, 0) is 45.9 Å². The van der Waals surface area contributed by atoms with Gasteiger partial charge in [-0.1, -0.05) is 91.9 Å². The van der Waals surface area contributed by atoms with Gasteiger partial charge < -0.3 is 5.32 Å². The molecule has 0 radical (unpaired) electrons. The van der Waals surface area contributed by atoms with Crippen LogP contribution in [0.25, 0.3) is 17.2 Å². The van der Waals surface area contributed by atoms with Crippen LogP contribution in [-0.2, 0) is 4.79 Å². The smallest absolute Gasteiger partial charge is 0.244 e. The fourth-order valence-electron chi connectivity index (χ4n) is 3.52. The molecule has 1 N–H and O–H groups in total. The molecule has 3 aromatic carbocycles. The van der Waals surface area contributed by atoms with E-state index in [2.05, 4.69) is 72.9 Å². The number of rotatable bonds is 8. The van der Waals surface area contributed by atoms with E-state index in [0.29, 0.717) is 13.0 Å². The molecule has 0 aromatic heterocycles. The molecule has 0 saturated carbocycles. The first-order valence-corrected chi connectivity index (χ1v) is 10.5. The van der Waals surface area contributed by atoms with Crippen molar-refractivity contribution >= 4 is 23.1 Å². The highest BCUT2D eigenvalue weighted by atomic mass is 16.1. The second-order valence-corrected chi connectivity index (χ2v) is 7.09. The lowest BCUT2D eigenvalue weighted by Gasteiger charge is -2.16. The van der Waals surface area contributed by atoms with Crippen molar-refractivity contribution in [2.45, 2.75) is 19.8 Å².